The van der Waals surface area contributed by atoms with Crippen LogP contribution in [0.1, 0.15) is 58.7 Å². The number of alkyl halides is 3. The molecule has 2 heterocycles. The van der Waals surface area contributed by atoms with Gasteiger partial charge in [-0.05, 0) is 30.2 Å². The summed E-state index contributed by atoms with van der Waals surface area (Å²) in [7, 11) is 0. The molecular formula is C17H20F3NO2S2. The van der Waals surface area contributed by atoms with Crippen molar-refractivity contribution in [2.24, 2.45) is 5.41 Å². The average molecular weight is 391 g/mol. The number of rotatable bonds is 3. The van der Waals surface area contributed by atoms with E-state index in [0.29, 0.717) is 57.9 Å². The van der Waals surface area contributed by atoms with Gasteiger partial charge in [0.25, 0.3) is 5.91 Å². The van der Waals surface area contributed by atoms with Crippen molar-refractivity contribution in [2.75, 3.05) is 18.8 Å². The van der Waals surface area contributed by atoms with E-state index in [-0.39, 0.29) is 17.1 Å². The molecule has 0 atom stereocenters. The average Bonchev–Trinajstić information content (AvgIpc) is 3.10. The minimum Gasteiger partial charge on any atom is -0.338 e. The highest BCUT2D eigenvalue weighted by Crippen LogP contribution is 2.46. The second-order valence-corrected chi connectivity index (χ2v) is 9.68. The fourth-order valence-corrected chi connectivity index (χ4v) is 5.82. The van der Waals surface area contributed by atoms with E-state index in [4.69, 9.17) is 0 Å². The molecule has 0 spiro atoms. The number of halogens is 3. The Morgan fingerprint density at radius 3 is 2.48 bits per heavy atom. The Labute approximate surface area is 153 Å². The van der Waals surface area contributed by atoms with E-state index in [9.17, 15) is 22.8 Å². The smallest absolute Gasteiger partial charge is 0.338 e. The molecule has 3 rings (SSSR count). The highest BCUT2D eigenvalue weighted by atomic mass is 32.2. The lowest BCUT2D eigenvalue weighted by Crippen LogP contribution is -2.31. The van der Waals surface area contributed by atoms with Crippen LogP contribution in [0.15, 0.2) is 4.21 Å². The maximum Gasteiger partial charge on any atom is 0.398 e. The van der Waals surface area contributed by atoms with E-state index in [1.165, 1.54) is 0 Å². The van der Waals surface area contributed by atoms with Crippen LogP contribution in [0.4, 0.5) is 13.2 Å². The van der Waals surface area contributed by atoms with Crippen LogP contribution in [0.3, 0.4) is 0 Å². The van der Waals surface area contributed by atoms with Crippen molar-refractivity contribution < 1.29 is 22.8 Å². The zero-order chi connectivity index (χ0) is 18.4. The van der Waals surface area contributed by atoms with Crippen LogP contribution in [0.5, 0.6) is 0 Å². The highest BCUT2D eigenvalue weighted by Gasteiger charge is 2.39. The maximum atomic E-state index is 12.8. The number of amides is 1. The van der Waals surface area contributed by atoms with Gasteiger partial charge in [0.2, 0.25) is 0 Å². The Balaban J connectivity index is 2.00. The second-order valence-electron chi connectivity index (χ2n) is 7.42. The van der Waals surface area contributed by atoms with E-state index in [1.807, 2.05) is 13.8 Å². The molecule has 3 nitrogen and oxygen atoms in total. The molecule has 1 aliphatic carbocycles. The first kappa shape index (κ1) is 18.8. The standard InChI is InChI=1S/C17H20F3NO2S2/c1-16(2)7-10-12(11(22)8-16)15(24-9-17(18,19)20)25-13(10)14(23)21-5-3-4-6-21/h3-9H2,1-2H3. The van der Waals surface area contributed by atoms with E-state index in [2.05, 4.69) is 0 Å². The Bertz CT molecular complexity index is 703. The van der Waals surface area contributed by atoms with Gasteiger partial charge < -0.3 is 4.90 Å². The van der Waals surface area contributed by atoms with E-state index in [0.717, 1.165) is 24.2 Å². The third-order valence-electron chi connectivity index (χ3n) is 4.50. The number of likely N-dealkylation sites (tertiary alicyclic amines) is 1. The van der Waals surface area contributed by atoms with Crippen molar-refractivity contribution >= 4 is 34.8 Å². The molecule has 25 heavy (non-hydrogen) atoms. The molecule has 1 aromatic heterocycles. The summed E-state index contributed by atoms with van der Waals surface area (Å²) in [5, 5.41) is 0. The molecule has 0 radical (unpaired) electrons. The molecule has 1 amide bonds. The van der Waals surface area contributed by atoms with Gasteiger partial charge in [0.05, 0.1) is 14.8 Å². The van der Waals surface area contributed by atoms with Crippen molar-refractivity contribution in [3.05, 3.63) is 16.0 Å². The van der Waals surface area contributed by atoms with Crippen LogP contribution < -0.4 is 0 Å². The highest BCUT2D eigenvalue weighted by molar-refractivity contribution is 8.01. The molecule has 0 N–H and O–H groups in total. The zero-order valence-corrected chi connectivity index (χ0v) is 15.8. The van der Waals surface area contributed by atoms with Crippen molar-refractivity contribution in [1.82, 2.24) is 4.90 Å². The van der Waals surface area contributed by atoms with Crippen molar-refractivity contribution in [1.29, 1.82) is 0 Å². The van der Waals surface area contributed by atoms with Gasteiger partial charge in [0.1, 0.15) is 0 Å². The van der Waals surface area contributed by atoms with E-state index < -0.39 is 11.9 Å². The molecular weight excluding hydrogens is 371 g/mol. The molecule has 0 saturated carbocycles. The fraction of sp³-hybridized carbons (Fsp3) is 0.647. The SMILES string of the molecule is CC1(C)CC(=O)c2c(SCC(F)(F)F)sc(C(=O)N3CCCC3)c2C1. The van der Waals surface area contributed by atoms with Crippen LogP contribution in [-0.4, -0.2) is 41.6 Å². The Morgan fingerprint density at radius 2 is 1.88 bits per heavy atom. The van der Waals surface area contributed by atoms with Crippen LogP contribution >= 0.6 is 23.1 Å². The van der Waals surface area contributed by atoms with Gasteiger partial charge in [0.15, 0.2) is 5.78 Å². The number of thiophene rings is 1. The number of Topliss-reactive ketones (excluding diaryl/α,β-unsaturated/α-hetero) is 1. The molecule has 0 unspecified atom stereocenters. The summed E-state index contributed by atoms with van der Waals surface area (Å²) in [5.41, 5.74) is 0.742. The number of hydrogen-bond donors (Lipinski definition) is 0. The normalized spacial score (nSPS) is 20.0. The van der Waals surface area contributed by atoms with Crippen LogP contribution in [0, 0.1) is 5.41 Å². The predicted molar refractivity (Wildman–Crippen MR) is 92.7 cm³/mol. The molecule has 1 aromatic rings. The van der Waals surface area contributed by atoms with Gasteiger partial charge in [-0.15, -0.1) is 23.1 Å². The number of carbonyl (C=O) groups is 2. The monoisotopic (exact) mass is 391 g/mol. The predicted octanol–water partition coefficient (Wildman–Crippen LogP) is 4.79. The van der Waals surface area contributed by atoms with Gasteiger partial charge in [0, 0.05) is 25.1 Å². The topological polar surface area (TPSA) is 37.4 Å². The number of ketones is 1. The van der Waals surface area contributed by atoms with Crippen molar-refractivity contribution in [3.63, 3.8) is 0 Å². The van der Waals surface area contributed by atoms with Crippen LogP contribution in [0.2, 0.25) is 0 Å². The second kappa shape index (κ2) is 6.61. The molecule has 1 fully saturated rings. The lowest BCUT2D eigenvalue weighted by Gasteiger charge is -2.29. The molecule has 0 aromatic carbocycles. The quantitative estimate of drug-likeness (QED) is 0.695. The minimum atomic E-state index is -4.31. The van der Waals surface area contributed by atoms with Crippen molar-refractivity contribution in [2.45, 2.75) is 49.9 Å². The Kier molecular flexibility index (Phi) is 4.96. The van der Waals surface area contributed by atoms with Gasteiger partial charge >= 0.3 is 6.18 Å². The van der Waals surface area contributed by atoms with Gasteiger partial charge in [-0.1, -0.05) is 13.8 Å². The first-order valence-electron chi connectivity index (χ1n) is 8.25. The van der Waals surface area contributed by atoms with Crippen LogP contribution in [0.25, 0.3) is 0 Å². The van der Waals surface area contributed by atoms with Gasteiger partial charge in [-0.25, -0.2) is 0 Å². The largest absolute Gasteiger partial charge is 0.398 e. The number of fused-ring (bicyclic) bond motifs is 1. The maximum absolute atomic E-state index is 12.8. The lowest BCUT2D eigenvalue weighted by molar-refractivity contribution is -0.105. The van der Waals surface area contributed by atoms with Gasteiger partial charge in [-0.2, -0.15) is 13.2 Å². The molecule has 138 valence electrons. The molecule has 1 saturated heterocycles. The zero-order valence-electron chi connectivity index (χ0n) is 14.2. The summed E-state index contributed by atoms with van der Waals surface area (Å²) in [4.78, 5) is 27.6. The number of nitrogens with zero attached hydrogens (tertiary/aromatic N) is 1. The summed E-state index contributed by atoms with van der Waals surface area (Å²) < 4.78 is 38.2. The Morgan fingerprint density at radius 1 is 1.24 bits per heavy atom. The number of carbonyl (C=O) groups excluding carboxylic acids is 2. The van der Waals surface area contributed by atoms with Crippen LogP contribution in [-0.2, 0) is 6.42 Å². The van der Waals surface area contributed by atoms with Gasteiger partial charge in [-0.3, -0.25) is 9.59 Å². The molecule has 8 heteroatoms. The Hall–Kier alpha value is -1.02. The van der Waals surface area contributed by atoms with Crippen molar-refractivity contribution in [3.8, 4) is 0 Å². The molecule has 0 bridgehead atoms. The third-order valence-corrected chi connectivity index (χ3v) is 7.06. The third kappa shape index (κ3) is 4.05. The minimum absolute atomic E-state index is 0.136. The van der Waals surface area contributed by atoms with E-state index in [1.54, 1.807) is 4.90 Å². The first-order chi connectivity index (χ1) is 11.6. The lowest BCUT2D eigenvalue weighted by atomic mass is 9.74. The summed E-state index contributed by atoms with van der Waals surface area (Å²) in [6.45, 7) is 5.26. The number of thioether (sulfide) groups is 1. The summed E-state index contributed by atoms with van der Waals surface area (Å²) >= 11 is 1.69. The molecule has 2 aliphatic rings. The summed E-state index contributed by atoms with van der Waals surface area (Å²) in [6, 6.07) is 0. The number of hydrogen-bond acceptors (Lipinski definition) is 4. The summed E-state index contributed by atoms with van der Waals surface area (Å²) in [6.07, 6.45) is -1.57. The van der Waals surface area contributed by atoms with E-state index >= 15 is 0 Å². The fourth-order valence-electron chi connectivity index (χ4n) is 3.44. The molecule has 1 aliphatic heterocycles. The summed E-state index contributed by atoms with van der Waals surface area (Å²) in [5.74, 6) is -1.33. The first-order valence-corrected chi connectivity index (χ1v) is 10.1.